The quantitative estimate of drug-likeness (QED) is 0.598. The van der Waals surface area contributed by atoms with E-state index in [2.05, 4.69) is 59.9 Å². The highest BCUT2D eigenvalue weighted by molar-refractivity contribution is 7.15. The van der Waals surface area contributed by atoms with E-state index in [1.165, 1.54) is 12.1 Å². The number of azo groups is 1. The summed E-state index contributed by atoms with van der Waals surface area (Å²) in [6.07, 6.45) is 2.99. The number of hydrogen-bond acceptors (Lipinski definition) is 5. The summed E-state index contributed by atoms with van der Waals surface area (Å²) in [5.41, 5.74) is 2.45. The molecule has 1 aromatic heterocycles. The van der Waals surface area contributed by atoms with Crippen LogP contribution in [-0.2, 0) is 0 Å². The molecule has 0 amide bonds. The molecule has 0 atom stereocenters. The number of benzene rings is 1. The van der Waals surface area contributed by atoms with Crippen LogP contribution in [0.5, 0.6) is 0 Å². The van der Waals surface area contributed by atoms with Gasteiger partial charge in [0.05, 0.1) is 5.69 Å². The molecule has 0 saturated heterocycles. The lowest BCUT2D eigenvalue weighted by Gasteiger charge is -2.27. The minimum absolute atomic E-state index is 0.355. The maximum absolute atomic E-state index is 4.26. The third-order valence-corrected chi connectivity index (χ3v) is 4.39. The summed E-state index contributed by atoms with van der Waals surface area (Å²) in [6.45, 7) is 13.1. The molecule has 5 heteroatoms. The van der Waals surface area contributed by atoms with Crippen LogP contribution in [0.2, 0.25) is 0 Å². The molecule has 0 aliphatic rings. The van der Waals surface area contributed by atoms with Crippen LogP contribution in [0, 0.1) is 12.3 Å². The van der Waals surface area contributed by atoms with Crippen molar-refractivity contribution in [1.29, 1.82) is 0 Å². The van der Waals surface area contributed by atoms with Gasteiger partial charge in [0.1, 0.15) is 0 Å². The van der Waals surface area contributed by atoms with E-state index in [0.717, 1.165) is 23.7 Å². The van der Waals surface area contributed by atoms with Gasteiger partial charge >= 0.3 is 0 Å². The molecule has 0 radical (unpaired) electrons. The van der Waals surface area contributed by atoms with E-state index in [9.17, 15) is 0 Å². The van der Waals surface area contributed by atoms with Crippen molar-refractivity contribution in [2.75, 3.05) is 18.0 Å². The van der Waals surface area contributed by atoms with E-state index < -0.39 is 0 Å². The number of hydrogen-bond donors (Lipinski definition) is 0. The summed E-state index contributed by atoms with van der Waals surface area (Å²) >= 11 is 1.55. The van der Waals surface area contributed by atoms with E-state index in [1.807, 2.05) is 25.3 Å². The van der Waals surface area contributed by atoms with Crippen LogP contribution < -0.4 is 4.90 Å². The second-order valence-electron chi connectivity index (χ2n) is 6.86. The molecule has 0 spiro atoms. The third-order valence-electron chi connectivity index (χ3n) is 3.59. The van der Waals surface area contributed by atoms with Gasteiger partial charge in [-0.2, -0.15) is 0 Å². The molecule has 0 N–H and O–H groups in total. The standard InChI is InChI=1S/C18H26N4S/c1-6-22(12-11-18(3,4)5)16-9-7-15(8-10-16)20-21-17-19-13-14(2)23-17/h7-10,13H,6,11-12H2,1-5H3/b21-20+. The Morgan fingerprint density at radius 3 is 2.35 bits per heavy atom. The van der Waals surface area contributed by atoms with Crippen molar-refractivity contribution >= 4 is 27.8 Å². The van der Waals surface area contributed by atoms with Crippen molar-refractivity contribution in [3.8, 4) is 0 Å². The maximum atomic E-state index is 4.26. The van der Waals surface area contributed by atoms with Crippen molar-refractivity contribution in [3.63, 3.8) is 0 Å². The first kappa shape index (κ1) is 17.6. The van der Waals surface area contributed by atoms with Crippen LogP contribution in [0.3, 0.4) is 0 Å². The van der Waals surface area contributed by atoms with Crippen LogP contribution in [-0.4, -0.2) is 18.1 Å². The molecular weight excluding hydrogens is 304 g/mol. The van der Waals surface area contributed by atoms with Crippen LogP contribution in [0.15, 0.2) is 40.7 Å². The molecule has 2 rings (SSSR count). The maximum Gasteiger partial charge on any atom is 0.230 e. The zero-order chi connectivity index (χ0) is 16.9. The third kappa shape index (κ3) is 5.75. The summed E-state index contributed by atoms with van der Waals surface area (Å²) < 4.78 is 0. The van der Waals surface area contributed by atoms with Crippen molar-refractivity contribution in [1.82, 2.24) is 4.98 Å². The Labute approximate surface area is 143 Å². The predicted molar refractivity (Wildman–Crippen MR) is 99.4 cm³/mol. The Balaban J connectivity index is 2.01. The lowest BCUT2D eigenvalue weighted by molar-refractivity contribution is 0.379. The van der Waals surface area contributed by atoms with E-state index >= 15 is 0 Å². The molecule has 0 aliphatic carbocycles. The van der Waals surface area contributed by atoms with E-state index in [1.54, 1.807) is 11.3 Å². The molecule has 1 heterocycles. The van der Waals surface area contributed by atoms with Crippen LogP contribution in [0.25, 0.3) is 0 Å². The Bertz CT molecular complexity index is 638. The topological polar surface area (TPSA) is 40.9 Å². The summed E-state index contributed by atoms with van der Waals surface area (Å²) in [7, 11) is 0. The summed E-state index contributed by atoms with van der Waals surface area (Å²) in [4.78, 5) is 7.73. The average molecular weight is 331 g/mol. The molecule has 2 aromatic rings. The first-order valence-corrected chi connectivity index (χ1v) is 8.88. The first-order valence-electron chi connectivity index (χ1n) is 8.06. The van der Waals surface area contributed by atoms with Gasteiger partial charge in [-0.15, -0.1) is 10.2 Å². The van der Waals surface area contributed by atoms with Gasteiger partial charge in [-0.05, 0) is 49.9 Å². The molecule has 0 aliphatic heterocycles. The van der Waals surface area contributed by atoms with Gasteiger partial charge in [-0.1, -0.05) is 32.1 Å². The number of nitrogens with zero attached hydrogens (tertiary/aromatic N) is 4. The zero-order valence-corrected chi connectivity index (χ0v) is 15.5. The number of thiazole rings is 1. The molecule has 124 valence electrons. The fraction of sp³-hybridized carbons (Fsp3) is 0.500. The molecule has 4 nitrogen and oxygen atoms in total. The number of aryl methyl sites for hydroxylation is 1. The fourth-order valence-corrected chi connectivity index (χ4v) is 2.74. The highest BCUT2D eigenvalue weighted by atomic mass is 32.1. The van der Waals surface area contributed by atoms with Crippen LogP contribution in [0.1, 0.15) is 39.0 Å². The van der Waals surface area contributed by atoms with Crippen molar-refractivity contribution in [2.45, 2.75) is 41.0 Å². The normalized spacial score (nSPS) is 12.0. The molecular formula is C18H26N4S. The first-order chi connectivity index (χ1) is 10.9. The second-order valence-corrected chi connectivity index (χ2v) is 8.07. The minimum Gasteiger partial charge on any atom is -0.372 e. The van der Waals surface area contributed by atoms with E-state index in [-0.39, 0.29) is 0 Å². The average Bonchev–Trinajstić information content (AvgIpc) is 2.91. The Morgan fingerprint density at radius 2 is 1.83 bits per heavy atom. The number of anilines is 1. The molecule has 0 fully saturated rings. The van der Waals surface area contributed by atoms with E-state index in [0.29, 0.717) is 10.5 Å². The number of rotatable bonds is 6. The molecule has 23 heavy (non-hydrogen) atoms. The monoisotopic (exact) mass is 330 g/mol. The largest absolute Gasteiger partial charge is 0.372 e. The smallest absolute Gasteiger partial charge is 0.230 e. The lowest BCUT2D eigenvalue weighted by Crippen LogP contribution is -2.27. The Morgan fingerprint density at radius 1 is 1.13 bits per heavy atom. The van der Waals surface area contributed by atoms with Crippen molar-refractivity contribution in [3.05, 3.63) is 35.3 Å². The molecule has 0 bridgehead atoms. The van der Waals surface area contributed by atoms with Crippen LogP contribution >= 0.6 is 11.3 Å². The van der Waals surface area contributed by atoms with Crippen molar-refractivity contribution in [2.24, 2.45) is 15.6 Å². The number of aromatic nitrogens is 1. The summed E-state index contributed by atoms with van der Waals surface area (Å²) in [6, 6.07) is 8.26. The van der Waals surface area contributed by atoms with Gasteiger partial charge < -0.3 is 4.90 Å². The van der Waals surface area contributed by atoms with Gasteiger partial charge in [0.2, 0.25) is 5.13 Å². The fourth-order valence-electron chi connectivity index (χ4n) is 2.16. The minimum atomic E-state index is 0.355. The van der Waals surface area contributed by atoms with Gasteiger partial charge in [-0.3, -0.25) is 0 Å². The van der Waals surface area contributed by atoms with Gasteiger partial charge in [0.25, 0.3) is 0 Å². The van der Waals surface area contributed by atoms with Crippen LogP contribution in [0.4, 0.5) is 16.5 Å². The Hall–Kier alpha value is -1.75. The zero-order valence-electron chi connectivity index (χ0n) is 14.7. The highest BCUT2D eigenvalue weighted by Crippen LogP contribution is 2.26. The predicted octanol–water partition coefficient (Wildman–Crippen LogP) is 6.13. The van der Waals surface area contributed by atoms with Gasteiger partial charge in [-0.25, -0.2) is 4.98 Å². The highest BCUT2D eigenvalue weighted by Gasteiger charge is 2.13. The summed E-state index contributed by atoms with van der Waals surface area (Å²) in [5, 5.41) is 9.14. The Kier molecular flexibility index (Phi) is 5.88. The SMILES string of the molecule is CCN(CCC(C)(C)C)c1ccc(/N=N/c2ncc(C)s2)cc1. The lowest BCUT2D eigenvalue weighted by atomic mass is 9.92. The summed E-state index contributed by atoms with van der Waals surface area (Å²) in [5.74, 6) is 0. The molecule has 0 unspecified atom stereocenters. The van der Waals surface area contributed by atoms with Gasteiger partial charge in [0, 0.05) is 29.9 Å². The van der Waals surface area contributed by atoms with Crippen molar-refractivity contribution < 1.29 is 0 Å². The van der Waals surface area contributed by atoms with Gasteiger partial charge in [0.15, 0.2) is 0 Å². The molecule has 1 aromatic carbocycles. The molecule has 0 saturated carbocycles. The van der Waals surface area contributed by atoms with E-state index in [4.69, 9.17) is 0 Å². The second kappa shape index (κ2) is 7.68.